The first-order chi connectivity index (χ1) is 11.3. The summed E-state index contributed by atoms with van der Waals surface area (Å²) < 4.78 is 3.46. The molecule has 0 bridgehead atoms. The van der Waals surface area contributed by atoms with E-state index in [0.29, 0.717) is 17.9 Å². The zero-order chi connectivity index (χ0) is 16.1. The number of imidazole rings is 1. The molecule has 0 radical (unpaired) electrons. The van der Waals surface area contributed by atoms with E-state index >= 15 is 0 Å². The van der Waals surface area contributed by atoms with Crippen molar-refractivity contribution in [3.05, 3.63) is 36.3 Å². The highest BCUT2D eigenvalue weighted by Gasteiger charge is 2.15. The maximum absolute atomic E-state index is 12.2. The van der Waals surface area contributed by atoms with Gasteiger partial charge in [0, 0.05) is 31.9 Å². The number of aromatic nitrogens is 8. The molecule has 0 saturated carbocycles. The number of carbonyl (C=O) groups is 1. The molecular formula is C13H17N9O. The van der Waals surface area contributed by atoms with Gasteiger partial charge >= 0.3 is 0 Å². The number of tetrazole rings is 1. The van der Waals surface area contributed by atoms with Gasteiger partial charge in [0.05, 0.1) is 6.20 Å². The number of H-pyrrole nitrogens is 1. The van der Waals surface area contributed by atoms with Crippen LogP contribution in [0.2, 0.25) is 0 Å². The maximum atomic E-state index is 12.2. The van der Waals surface area contributed by atoms with Gasteiger partial charge < -0.3 is 9.88 Å². The van der Waals surface area contributed by atoms with E-state index in [9.17, 15) is 4.79 Å². The van der Waals surface area contributed by atoms with Gasteiger partial charge in [0.1, 0.15) is 17.7 Å². The van der Waals surface area contributed by atoms with Crippen molar-refractivity contribution in [3.8, 4) is 5.82 Å². The standard InChI is InChI=1S/C13H17N9O/c1-2-11-14-5-7-21(11)6-3-4-15-13(23)10-8-16-18-12(10)22-9-17-19-20-22/h5,7-9H,2-4,6H2,1H3,(H,15,23)(H,16,18). The molecule has 0 aliphatic heterocycles. The Morgan fingerprint density at radius 3 is 3.13 bits per heavy atom. The van der Waals surface area contributed by atoms with Gasteiger partial charge in [0.2, 0.25) is 0 Å². The summed E-state index contributed by atoms with van der Waals surface area (Å²) in [7, 11) is 0. The van der Waals surface area contributed by atoms with E-state index in [4.69, 9.17) is 0 Å². The fourth-order valence-corrected chi connectivity index (χ4v) is 2.29. The van der Waals surface area contributed by atoms with Gasteiger partial charge in [-0.2, -0.15) is 9.78 Å². The van der Waals surface area contributed by atoms with E-state index in [0.717, 1.165) is 25.2 Å². The minimum absolute atomic E-state index is 0.217. The number of rotatable bonds is 7. The van der Waals surface area contributed by atoms with Crippen LogP contribution in [0.15, 0.2) is 24.9 Å². The van der Waals surface area contributed by atoms with Crippen molar-refractivity contribution in [3.63, 3.8) is 0 Å². The first-order valence-electron chi connectivity index (χ1n) is 7.34. The smallest absolute Gasteiger partial charge is 0.256 e. The van der Waals surface area contributed by atoms with Crippen LogP contribution in [0.1, 0.15) is 29.5 Å². The van der Waals surface area contributed by atoms with Crippen LogP contribution in [0.5, 0.6) is 0 Å². The van der Waals surface area contributed by atoms with E-state index < -0.39 is 0 Å². The highest BCUT2D eigenvalue weighted by Crippen LogP contribution is 2.08. The second kappa shape index (κ2) is 6.81. The third-order valence-corrected chi connectivity index (χ3v) is 3.42. The first kappa shape index (κ1) is 14.9. The summed E-state index contributed by atoms with van der Waals surface area (Å²) in [6.45, 7) is 3.44. The molecular weight excluding hydrogens is 298 g/mol. The molecule has 3 aromatic rings. The average Bonchev–Trinajstić information content (AvgIpc) is 3.31. The number of nitrogens with zero attached hydrogens (tertiary/aromatic N) is 7. The third-order valence-electron chi connectivity index (χ3n) is 3.42. The van der Waals surface area contributed by atoms with E-state index in [1.807, 2.05) is 6.20 Å². The van der Waals surface area contributed by atoms with Gasteiger partial charge in [-0.25, -0.2) is 4.98 Å². The molecule has 0 aromatic carbocycles. The molecule has 10 nitrogen and oxygen atoms in total. The van der Waals surface area contributed by atoms with Crippen LogP contribution in [0.4, 0.5) is 0 Å². The molecule has 2 N–H and O–H groups in total. The zero-order valence-electron chi connectivity index (χ0n) is 12.7. The fourth-order valence-electron chi connectivity index (χ4n) is 2.29. The number of hydrogen-bond acceptors (Lipinski definition) is 6. The largest absolute Gasteiger partial charge is 0.352 e. The lowest BCUT2D eigenvalue weighted by molar-refractivity contribution is 0.0952. The third kappa shape index (κ3) is 3.25. The Bertz CT molecular complexity index is 758. The van der Waals surface area contributed by atoms with Crippen LogP contribution in [0, 0.1) is 0 Å². The van der Waals surface area contributed by atoms with Crippen molar-refractivity contribution < 1.29 is 4.79 Å². The van der Waals surface area contributed by atoms with Crippen molar-refractivity contribution >= 4 is 5.91 Å². The van der Waals surface area contributed by atoms with Crippen molar-refractivity contribution in [1.82, 2.24) is 45.3 Å². The molecule has 3 heterocycles. The highest BCUT2D eigenvalue weighted by molar-refractivity contribution is 5.96. The van der Waals surface area contributed by atoms with Gasteiger partial charge in [-0.1, -0.05) is 6.92 Å². The minimum atomic E-state index is -0.217. The van der Waals surface area contributed by atoms with Crippen molar-refractivity contribution in [2.45, 2.75) is 26.3 Å². The number of aryl methyl sites for hydroxylation is 2. The lowest BCUT2D eigenvalue weighted by Crippen LogP contribution is -2.26. The Morgan fingerprint density at radius 1 is 1.43 bits per heavy atom. The lowest BCUT2D eigenvalue weighted by atomic mass is 10.3. The molecule has 0 fully saturated rings. The van der Waals surface area contributed by atoms with Crippen LogP contribution in [-0.4, -0.2) is 52.4 Å². The molecule has 120 valence electrons. The predicted molar refractivity (Wildman–Crippen MR) is 79.9 cm³/mol. The fraction of sp³-hybridized carbons (Fsp3) is 0.385. The second-order valence-corrected chi connectivity index (χ2v) is 4.89. The van der Waals surface area contributed by atoms with E-state index in [2.05, 4.69) is 47.5 Å². The summed E-state index contributed by atoms with van der Waals surface area (Å²) >= 11 is 0. The van der Waals surface area contributed by atoms with E-state index in [1.54, 1.807) is 6.20 Å². The summed E-state index contributed by atoms with van der Waals surface area (Å²) in [6, 6.07) is 0. The molecule has 3 aromatic heterocycles. The monoisotopic (exact) mass is 315 g/mol. The summed E-state index contributed by atoms with van der Waals surface area (Å²) in [5.74, 6) is 1.27. The SMILES string of the molecule is CCc1nccn1CCCNC(=O)c1cn[nH]c1-n1cnnn1. The molecule has 0 spiro atoms. The van der Waals surface area contributed by atoms with Crippen molar-refractivity contribution in [1.29, 1.82) is 0 Å². The van der Waals surface area contributed by atoms with Crippen LogP contribution in [0.25, 0.3) is 5.82 Å². The van der Waals surface area contributed by atoms with Crippen LogP contribution in [0.3, 0.4) is 0 Å². The molecule has 1 amide bonds. The zero-order valence-corrected chi connectivity index (χ0v) is 12.7. The van der Waals surface area contributed by atoms with E-state index in [-0.39, 0.29) is 5.91 Å². The number of nitrogens with one attached hydrogen (secondary N) is 2. The van der Waals surface area contributed by atoms with Gasteiger partial charge in [0.25, 0.3) is 5.91 Å². The molecule has 0 aliphatic rings. The Hall–Kier alpha value is -3.04. The van der Waals surface area contributed by atoms with Crippen LogP contribution in [-0.2, 0) is 13.0 Å². The normalized spacial score (nSPS) is 10.8. The number of hydrogen-bond donors (Lipinski definition) is 2. The quantitative estimate of drug-likeness (QED) is 0.591. The molecule has 23 heavy (non-hydrogen) atoms. The average molecular weight is 315 g/mol. The molecule has 10 heteroatoms. The number of amides is 1. The Morgan fingerprint density at radius 2 is 2.35 bits per heavy atom. The van der Waals surface area contributed by atoms with Crippen LogP contribution >= 0.6 is 0 Å². The van der Waals surface area contributed by atoms with Crippen molar-refractivity contribution in [2.24, 2.45) is 0 Å². The summed E-state index contributed by atoms with van der Waals surface area (Å²) in [5, 5.41) is 20.3. The van der Waals surface area contributed by atoms with Gasteiger partial charge in [-0.15, -0.1) is 5.10 Å². The molecule has 0 unspecified atom stereocenters. The summed E-state index contributed by atoms with van der Waals surface area (Å²) in [5.41, 5.74) is 0.397. The van der Waals surface area contributed by atoms with Crippen LogP contribution < -0.4 is 5.32 Å². The highest BCUT2D eigenvalue weighted by atomic mass is 16.1. The first-order valence-corrected chi connectivity index (χ1v) is 7.34. The Kier molecular flexibility index (Phi) is 4.41. The van der Waals surface area contributed by atoms with Gasteiger partial charge in [-0.05, 0) is 16.8 Å². The Balaban J connectivity index is 1.53. The predicted octanol–water partition coefficient (Wildman–Crippen LogP) is -0.0356. The van der Waals surface area contributed by atoms with E-state index in [1.165, 1.54) is 17.2 Å². The molecule has 0 aliphatic carbocycles. The molecule has 3 rings (SSSR count). The topological polar surface area (TPSA) is 119 Å². The summed E-state index contributed by atoms with van der Waals surface area (Å²) in [4.78, 5) is 16.5. The second-order valence-electron chi connectivity index (χ2n) is 4.89. The number of carbonyl (C=O) groups excluding carboxylic acids is 1. The van der Waals surface area contributed by atoms with Crippen molar-refractivity contribution in [2.75, 3.05) is 6.54 Å². The van der Waals surface area contributed by atoms with Gasteiger partial charge in [-0.3, -0.25) is 9.89 Å². The maximum Gasteiger partial charge on any atom is 0.256 e. The Labute approximate surface area is 131 Å². The van der Waals surface area contributed by atoms with Gasteiger partial charge in [0.15, 0.2) is 5.82 Å². The number of aromatic amines is 1. The molecule has 0 saturated heterocycles. The lowest BCUT2D eigenvalue weighted by Gasteiger charge is -2.08. The molecule has 0 atom stereocenters. The minimum Gasteiger partial charge on any atom is -0.352 e. The summed E-state index contributed by atoms with van der Waals surface area (Å²) in [6.07, 6.45) is 8.30.